The zero-order valence-corrected chi connectivity index (χ0v) is 18.1. The zero-order chi connectivity index (χ0) is 23.5. The van der Waals surface area contributed by atoms with E-state index >= 15 is 0 Å². The van der Waals surface area contributed by atoms with Gasteiger partial charge < -0.3 is 10.2 Å². The number of anilines is 1. The molecule has 4 rings (SSSR count). The molecule has 0 spiro atoms. The van der Waals surface area contributed by atoms with Crippen LogP contribution in [0.1, 0.15) is 21.5 Å². The van der Waals surface area contributed by atoms with Crippen LogP contribution in [0.3, 0.4) is 0 Å². The van der Waals surface area contributed by atoms with E-state index in [-0.39, 0.29) is 17.5 Å². The second kappa shape index (κ2) is 8.91. The highest BCUT2D eigenvalue weighted by Gasteiger charge is 2.20. The molecule has 0 aliphatic carbocycles. The Morgan fingerprint density at radius 1 is 1.09 bits per heavy atom. The number of ketones is 1. The molecule has 9 heteroatoms. The SMILES string of the molecule is CN(C)C(=O)n1cc(C(=O)c2ccc(CNc3ccncc3[N+](=O)[O-])cc2)c2ccccc21. The number of rotatable bonds is 6. The molecule has 0 aliphatic rings. The van der Waals surface area contributed by atoms with Crippen molar-refractivity contribution in [3.63, 3.8) is 0 Å². The summed E-state index contributed by atoms with van der Waals surface area (Å²) in [5.41, 5.74) is 2.71. The summed E-state index contributed by atoms with van der Waals surface area (Å²) in [6, 6.07) is 15.6. The average molecular weight is 443 g/mol. The van der Waals surface area contributed by atoms with Gasteiger partial charge in [0.25, 0.3) is 0 Å². The Hall–Kier alpha value is -4.53. The lowest BCUT2D eigenvalue weighted by Crippen LogP contribution is -2.26. The topological polar surface area (TPSA) is 110 Å². The Morgan fingerprint density at radius 3 is 2.52 bits per heavy atom. The summed E-state index contributed by atoms with van der Waals surface area (Å²) in [5.74, 6) is -0.194. The monoisotopic (exact) mass is 443 g/mol. The molecule has 0 atom stereocenters. The number of benzene rings is 2. The van der Waals surface area contributed by atoms with Crippen LogP contribution in [0.25, 0.3) is 10.9 Å². The van der Waals surface area contributed by atoms with E-state index in [1.54, 1.807) is 56.7 Å². The normalized spacial score (nSPS) is 10.7. The number of fused-ring (bicyclic) bond motifs is 1. The number of pyridine rings is 1. The molecule has 2 aromatic carbocycles. The van der Waals surface area contributed by atoms with Crippen LogP contribution in [-0.2, 0) is 6.54 Å². The van der Waals surface area contributed by atoms with E-state index in [0.29, 0.717) is 34.3 Å². The first-order valence-electron chi connectivity index (χ1n) is 10.1. The Bertz CT molecular complexity index is 1360. The van der Waals surface area contributed by atoms with Gasteiger partial charge in [-0.1, -0.05) is 42.5 Å². The molecule has 2 heterocycles. The minimum Gasteiger partial charge on any atom is -0.375 e. The van der Waals surface area contributed by atoms with Crippen LogP contribution < -0.4 is 5.32 Å². The minimum absolute atomic E-state index is 0.104. The van der Waals surface area contributed by atoms with Gasteiger partial charge in [-0.3, -0.25) is 24.5 Å². The maximum absolute atomic E-state index is 13.2. The van der Waals surface area contributed by atoms with Crippen molar-refractivity contribution in [1.82, 2.24) is 14.5 Å². The van der Waals surface area contributed by atoms with E-state index in [0.717, 1.165) is 5.56 Å². The minimum atomic E-state index is -0.491. The van der Waals surface area contributed by atoms with Crippen molar-refractivity contribution < 1.29 is 14.5 Å². The molecule has 1 amide bonds. The maximum Gasteiger partial charge on any atom is 0.328 e. The maximum atomic E-state index is 13.2. The second-order valence-corrected chi connectivity index (χ2v) is 7.64. The van der Waals surface area contributed by atoms with E-state index in [1.165, 1.54) is 21.9 Å². The number of nitrogens with one attached hydrogen (secondary N) is 1. The van der Waals surface area contributed by atoms with Crippen LogP contribution in [0.5, 0.6) is 0 Å². The number of hydrogen-bond donors (Lipinski definition) is 1. The summed E-state index contributed by atoms with van der Waals surface area (Å²) in [5, 5.41) is 14.9. The van der Waals surface area contributed by atoms with E-state index in [2.05, 4.69) is 10.3 Å². The average Bonchev–Trinajstić information content (AvgIpc) is 3.22. The predicted octanol–water partition coefficient (Wildman–Crippen LogP) is 4.32. The van der Waals surface area contributed by atoms with Crippen molar-refractivity contribution in [1.29, 1.82) is 0 Å². The van der Waals surface area contributed by atoms with Crippen molar-refractivity contribution >= 4 is 34.1 Å². The third-order valence-electron chi connectivity index (χ3n) is 5.24. The first kappa shape index (κ1) is 21.7. The van der Waals surface area contributed by atoms with Crippen LogP contribution in [0.4, 0.5) is 16.2 Å². The Kier molecular flexibility index (Phi) is 5.86. The number of amides is 1. The number of para-hydroxylation sites is 1. The summed E-state index contributed by atoms with van der Waals surface area (Å²) in [6.45, 7) is 0.343. The Labute approximate surface area is 189 Å². The lowest BCUT2D eigenvalue weighted by atomic mass is 10.0. The third kappa shape index (κ3) is 4.29. The van der Waals surface area contributed by atoms with E-state index in [9.17, 15) is 19.7 Å². The van der Waals surface area contributed by atoms with Crippen LogP contribution >= 0.6 is 0 Å². The highest BCUT2D eigenvalue weighted by Crippen LogP contribution is 2.25. The first-order chi connectivity index (χ1) is 15.9. The lowest BCUT2D eigenvalue weighted by molar-refractivity contribution is -0.384. The molecule has 0 saturated carbocycles. The Morgan fingerprint density at radius 2 is 1.82 bits per heavy atom. The summed E-state index contributed by atoms with van der Waals surface area (Å²) in [6.07, 6.45) is 4.25. The molecule has 4 aromatic rings. The smallest absolute Gasteiger partial charge is 0.328 e. The van der Waals surface area contributed by atoms with Crippen LogP contribution in [0.2, 0.25) is 0 Å². The largest absolute Gasteiger partial charge is 0.375 e. The molecule has 33 heavy (non-hydrogen) atoms. The number of carbonyl (C=O) groups is 2. The van der Waals surface area contributed by atoms with E-state index in [4.69, 9.17) is 0 Å². The lowest BCUT2D eigenvalue weighted by Gasteiger charge is -2.11. The summed E-state index contributed by atoms with van der Waals surface area (Å²) < 4.78 is 1.47. The molecule has 0 unspecified atom stereocenters. The fourth-order valence-corrected chi connectivity index (χ4v) is 3.54. The molecule has 2 aromatic heterocycles. The molecular formula is C24H21N5O4. The molecule has 0 radical (unpaired) electrons. The van der Waals surface area contributed by atoms with Gasteiger partial charge in [0.2, 0.25) is 0 Å². The number of nitro groups is 1. The summed E-state index contributed by atoms with van der Waals surface area (Å²) in [7, 11) is 3.32. The van der Waals surface area contributed by atoms with Crippen molar-refractivity contribution in [2.75, 3.05) is 19.4 Å². The van der Waals surface area contributed by atoms with Crippen molar-refractivity contribution in [3.8, 4) is 0 Å². The third-order valence-corrected chi connectivity index (χ3v) is 5.24. The van der Waals surface area contributed by atoms with Gasteiger partial charge in [0.05, 0.1) is 10.4 Å². The highest BCUT2D eigenvalue weighted by molar-refractivity contribution is 6.17. The van der Waals surface area contributed by atoms with Crippen molar-refractivity contribution in [2.24, 2.45) is 0 Å². The number of carbonyl (C=O) groups excluding carboxylic acids is 2. The van der Waals surface area contributed by atoms with Gasteiger partial charge >= 0.3 is 11.7 Å². The molecule has 1 N–H and O–H groups in total. The van der Waals surface area contributed by atoms with Gasteiger partial charge in [-0.2, -0.15) is 0 Å². The van der Waals surface area contributed by atoms with Gasteiger partial charge in [-0.15, -0.1) is 0 Å². The number of nitrogens with zero attached hydrogens (tertiary/aromatic N) is 4. The van der Waals surface area contributed by atoms with E-state index < -0.39 is 4.92 Å². The molecule has 166 valence electrons. The fraction of sp³-hybridized carbons (Fsp3) is 0.125. The van der Waals surface area contributed by atoms with Gasteiger partial charge in [0.1, 0.15) is 11.9 Å². The molecule has 0 fully saturated rings. The molecule has 9 nitrogen and oxygen atoms in total. The molecule has 0 saturated heterocycles. The first-order valence-corrected chi connectivity index (χ1v) is 10.1. The van der Waals surface area contributed by atoms with Crippen LogP contribution in [-0.4, -0.2) is 45.3 Å². The fourth-order valence-electron chi connectivity index (χ4n) is 3.54. The number of hydrogen-bond acceptors (Lipinski definition) is 6. The van der Waals surface area contributed by atoms with E-state index in [1.807, 2.05) is 18.2 Å². The molecule has 0 bridgehead atoms. The summed E-state index contributed by atoms with van der Waals surface area (Å²) >= 11 is 0. The summed E-state index contributed by atoms with van der Waals surface area (Å²) in [4.78, 5) is 41.7. The molecular weight excluding hydrogens is 422 g/mol. The van der Waals surface area contributed by atoms with Gasteiger partial charge in [0, 0.05) is 49.5 Å². The Balaban J connectivity index is 1.57. The quantitative estimate of drug-likeness (QED) is 0.270. The molecule has 0 aliphatic heterocycles. The van der Waals surface area contributed by atoms with Gasteiger partial charge in [-0.05, 0) is 17.7 Å². The highest BCUT2D eigenvalue weighted by atomic mass is 16.6. The zero-order valence-electron chi connectivity index (χ0n) is 18.1. The van der Waals surface area contributed by atoms with Gasteiger partial charge in [0.15, 0.2) is 5.78 Å². The predicted molar refractivity (Wildman–Crippen MR) is 125 cm³/mol. The van der Waals surface area contributed by atoms with Crippen LogP contribution in [0, 0.1) is 10.1 Å². The number of aromatic nitrogens is 2. The second-order valence-electron chi connectivity index (χ2n) is 7.64. The van der Waals surface area contributed by atoms with Gasteiger partial charge in [-0.25, -0.2) is 4.79 Å². The standard InChI is InChI=1S/C24H21N5O4/c1-27(2)24(31)28-15-19(18-5-3-4-6-21(18)28)23(30)17-9-7-16(8-10-17)13-26-20-11-12-25-14-22(20)29(32)33/h3-12,14-15H,13H2,1-2H3,(H,25,26). The van der Waals surface area contributed by atoms with Crippen molar-refractivity contribution in [2.45, 2.75) is 6.54 Å². The van der Waals surface area contributed by atoms with Crippen LogP contribution in [0.15, 0.2) is 73.2 Å². The van der Waals surface area contributed by atoms with Crippen molar-refractivity contribution in [3.05, 3.63) is 100.0 Å².